The van der Waals surface area contributed by atoms with Gasteiger partial charge in [0.25, 0.3) is 0 Å². The number of carbonyl (C=O) groups excluding carboxylic acids is 1. The van der Waals surface area contributed by atoms with E-state index in [1.807, 2.05) is 73.1 Å². The number of para-hydroxylation sites is 1. The van der Waals surface area contributed by atoms with Crippen LogP contribution in [0, 0.1) is 6.92 Å². The lowest BCUT2D eigenvalue weighted by molar-refractivity contribution is 0.112. The van der Waals surface area contributed by atoms with Gasteiger partial charge in [-0.05, 0) is 62.6 Å². The lowest BCUT2D eigenvalue weighted by atomic mass is 10.0. The summed E-state index contributed by atoms with van der Waals surface area (Å²) in [4.78, 5) is 14.0. The molecule has 1 aromatic heterocycles. The van der Waals surface area contributed by atoms with Crippen LogP contribution >= 0.6 is 0 Å². The highest BCUT2D eigenvalue weighted by Gasteiger charge is 2.19. The van der Waals surface area contributed by atoms with Gasteiger partial charge in [0, 0.05) is 43.5 Å². The quantitative estimate of drug-likeness (QED) is 0.342. The van der Waals surface area contributed by atoms with Crippen LogP contribution in [0.15, 0.2) is 97.2 Å². The van der Waals surface area contributed by atoms with Gasteiger partial charge < -0.3 is 20.5 Å². The van der Waals surface area contributed by atoms with E-state index in [0.717, 1.165) is 67.0 Å². The highest BCUT2D eigenvalue weighted by atomic mass is 16.1. The summed E-state index contributed by atoms with van der Waals surface area (Å²) < 4.78 is 2.05. The number of piperazine rings is 1. The fourth-order valence-corrected chi connectivity index (χ4v) is 4.78. The predicted molar refractivity (Wildman–Crippen MR) is 162 cm³/mol. The molecule has 2 aliphatic rings. The summed E-state index contributed by atoms with van der Waals surface area (Å²) >= 11 is 0. The Bertz CT molecular complexity index is 1240. The molecule has 1 aliphatic carbocycles. The van der Waals surface area contributed by atoms with Crippen molar-refractivity contribution in [1.29, 1.82) is 0 Å². The second kappa shape index (κ2) is 15.0. The molecule has 4 rings (SSSR count). The van der Waals surface area contributed by atoms with Gasteiger partial charge in [-0.3, -0.25) is 4.79 Å². The summed E-state index contributed by atoms with van der Waals surface area (Å²) in [5.41, 5.74) is 12.5. The molecule has 1 saturated heterocycles. The van der Waals surface area contributed by atoms with Crippen LogP contribution < -0.4 is 11.1 Å². The van der Waals surface area contributed by atoms with Gasteiger partial charge >= 0.3 is 0 Å². The molecule has 5 nitrogen and oxygen atoms in total. The number of aldehydes is 1. The van der Waals surface area contributed by atoms with E-state index in [0.29, 0.717) is 18.2 Å². The Hall–Kier alpha value is -3.51. The molecule has 1 fully saturated rings. The van der Waals surface area contributed by atoms with Gasteiger partial charge in [0.15, 0.2) is 6.29 Å². The molecule has 2 aromatic rings. The van der Waals surface area contributed by atoms with E-state index in [9.17, 15) is 4.79 Å². The number of nitrogens with two attached hydrogens (primary N) is 1. The van der Waals surface area contributed by atoms with Gasteiger partial charge in [-0.2, -0.15) is 0 Å². The first-order valence-electron chi connectivity index (χ1n) is 13.4. The zero-order valence-electron chi connectivity index (χ0n) is 23.1. The molecule has 1 atom stereocenters. The molecule has 1 aliphatic heterocycles. The van der Waals surface area contributed by atoms with E-state index < -0.39 is 0 Å². The largest absolute Gasteiger partial charge is 0.326 e. The summed E-state index contributed by atoms with van der Waals surface area (Å²) in [6.45, 7) is 11.9. The standard InChI is InChI=1S/C20H22N2O.C13H20N2/c1-4-5-6-9-15(2)20-18(14-23)12-16(3)22(20)19-11-8-7-10-17(19)13-21;1-15-9-8-14-11-13(15)10-12-6-4-2-3-5-7-12/h4-12,14H,2,13,21H2,1,3H3;2,4-7,13-14H,3,8-11H2,1H3/b5-4-,9-6-;/t;13-/m.1/s1. The Labute approximate surface area is 228 Å². The minimum absolute atomic E-state index is 0.435. The number of aryl methyl sites for hydroxylation is 1. The molecular weight excluding hydrogens is 468 g/mol. The van der Waals surface area contributed by atoms with Crippen LogP contribution in [-0.4, -0.2) is 48.5 Å². The first-order chi connectivity index (χ1) is 18.5. The zero-order chi connectivity index (χ0) is 27.3. The zero-order valence-corrected chi connectivity index (χ0v) is 23.1. The first-order valence-corrected chi connectivity index (χ1v) is 13.4. The van der Waals surface area contributed by atoms with E-state index in [-0.39, 0.29) is 0 Å². The van der Waals surface area contributed by atoms with E-state index >= 15 is 0 Å². The number of allylic oxidation sites excluding steroid dienone is 10. The molecule has 0 unspecified atom stereocenters. The number of benzene rings is 1. The number of rotatable bonds is 8. The number of carbonyl (C=O) groups is 1. The molecule has 0 spiro atoms. The Balaban J connectivity index is 0.000000230. The summed E-state index contributed by atoms with van der Waals surface area (Å²) in [6.07, 6.45) is 21.9. The number of nitrogens with zero attached hydrogens (tertiary/aromatic N) is 2. The molecule has 200 valence electrons. The van der Waals surface area contributed by atoms with Crippen molar-refractivity contribution in [2.45, 2.75) is 39.3 Å². The third-order valence-corrected chi connectivity index (χ3v) is 6.87. The van der Waals surface area contributed by atoms with Gasteiger partial charge in [-0.1, -0.05) is 79.5 Å². The predicted octanol–water partition coefficient (Wildman–Crippen LogP) is 5.93. The monoisotopic (exact) mass is 510 g/mol. The van der Waals surface area contributed by atoms with Crippen molar-refractivity contribution < 1.29 is 4.79 Å². The maximum absolute atomic E-state index is 11.5. The Morgan fingerprint density at radius 2 is 2.05 bits per heavy atom. The maximum Gasteiger partial charge on any atom is 0.152 e. The molecule has 3 N–H and O–H groups in total. The smallest absolute Gasteiger partial charge is 0.152 e. The Morgan fingerprint density at radius 3 is 2.79 bits per heavy atom. The number of hydrogen-bond acceptors (Lipinski definition) is 4. The molecule has 0 saturated carbocycles. The highest BCUT2D eigenvalue weighted by molar-refractivity contribution is 5.88. The van der Waals surface area contributed by atoms with E-state index in [4.69, 9.17) is 5.73 Å². The third-order valence-electron chi connectivity index (χ3n) is 6.87. The van der Waals surface area contributed by atoms with E-state index in [1.54, 1.807) is 0 Å². The van der Waals surface area contributed by atoms with Gasteiger partial charge in [0.2, 0.25) is 0 Å². The normalized spacial score (nSPS) is 17.8. The van der Waals surface area contributed by atoms with Crippen LogP contribution in [0.3, 0.4) is 0 Å². The number of hydrogen-bond donors (Lipinski definition) is 2. The number of aromatic nitrogens is 1. The van der Waals surface area contributed by atoms with Gasteiger partial charge in [-0.25, -0.2) is 0 Å². The van der Waals surface area contributed by atoms with Crippen molar-refractivity contribution in [1.82, 2.24) is 14.8 Å². The van der Waals surface area contributed by atoms with Crippen LogP contribution in [0.1, 0.15) is 47.1 Å². The van der Waals surface area contributed by atoms with Crippen LogP contribution in [0.4, 0.5) is 0 Å². The van der Waals surface area contributed by atoms with Crippen molar-refractivity contribution in [2.75, 3.05) is 26.7 Å². The summed E-state index contributed by atoms with van der Waals surface area (Å²) in [6, 6.07) is 10.5. The Kier molecular flexibility index (Phi) is 11.5. The van der Waals surface area contributed by atoms with Crippen molar-refractivity contribution in [2.24, 2.45) is 5.73 Å². The Morgan fingerprint density at radius 1 is 1.24 bits per heavy atom. The molecule has 38 heavy (non-hydrogen) atoms. The fraction of sp³-hybridized carbons (Fsp3) is 0.303. The number of nitrogens with one attached hydrogen (secondary N) is 1. The van der Waals surface area contributed by atoms with Crippen molar-refractivity contribution in [3.05, 3.63) is 120 Å². The van der Waals surface area contributed by atoms with Crippen LogP contribution in [0.25, 0.3) is 11.3 Å². The topological polar surface area (TPSA) is 63.3 Å². The van der Waals surface area contributed by atoms with Crippen molar-refractivity contribution in [3.8, 4) is 5.69 Å². The third kappa shape index (κ3) is 7.75. The first kappa shape index (κ1) is 29.1. The lowest BCUT2D eigenvalue weighted by Crippen LogP contribution is -2.49. The second-order valence-electron chi connectivity index (χ2n) is 9.64. The van der Waals surface area contributed by atoms with Gasteiger partial charge in [-0.15, -0.1) is 0 Å². The van der Waals surface area contributed by atoms with Gasteiger partial charge in [0.1, 0.15) is 0 Å². The van der Waals surface area contributed by atoms with Crippen LogP contribution in [0.5, 0.6) is 0 Å². The van der Waals surface area contributed by atoms with E-state index in [2.05, 4.69) is 54.2 Å². The highest BCUT2D eigenvalue weighted by Crippen LogP contribution is 2.28. The molecular formula is C33H42N4O. The molecule has 2 heterocycles. The fourth-order valence-electron chi connectivity index (χ4n) is 4.78. The van der Waals surface area contributed by atoms with Crippen molar-refractivity contribution >= 4 is 11.9 Å². The number of likely N-dealkylation sites (N-methyl/N-ethyl adjacent to an activating group) is 1. The van der Waals surface area contributed by atoms with Crippen molar-refractivity contribution in [3.63, 3.8) is 0 Å². The average Bonchev–Trinajstić information content (AvgIpc) is 3.07. The maximum atomic E-state index is 11.5. The van der Waals surface area contributed by atoms with Crippen LogP contribution in [0.2, 0.25) is 0 Å². The van der Waals surface area contributed by atoms with Gasteiger partial charge in [0.05, 0.1) is 11.4 Å². The molecule has 1 aromatic carbocycles. The summed E-state index contributed by atoms with van der Waals surface area (Å²) in [7, 11) is 2.22. The lowest BCUT2D eigenvalue weighted by Gasteiger charge is -2.33. The summed E-state index contributed by atoms with van der Waals surface area (Å²) in [5, 5.41) is 3.46. The van der Waals surface area contributed by atoms with E-state index in [1.165, 1.54) is 5.57 Å². The minimum atomic E-state index is 0.435. The summed E-state index contributed by atoms with van der Waals surface area (Å²) in [5.74, 6) is 0. The molecule has 0 amide bonds. The SMILES string of the molecule is C=C(/C=C\C=C/C)c1c(C=O)cc(C)n1-c1ccccc1CN.CN1CCNC[C@H]1CC1=CC=CCC=C1. The van der Waals surface area contributed by atoms with Crippen LogP contribution in [-0.2, 0) is 6.54 Å². The molecule has 5 heteroatoms. The minimum Gasteiger partial charge on any atom is -0.326 e. The second-order valence-corrected chi connectivity index (χ2v) is 9.64. The average molecular weight is 511 g/mol. The molecule has 0 bridgehead atoms. The molecule has 0 radical (unpaired) electrons.